The summed E-state index contributed by atoms with van der Waals surface area (Å²) in [5, 5.41) is 0. The van der Waals surface area contributed by atoms with Crippen LogP contribution in [0.3, 0.4) is 0 Å². The van der Waals surface area contributed by atoms with Crippen molar-refractivity contribution < 1.29 is 14.4 Å². The van der Waals surface area contributed by atoms with E-state index in [1.54, 1.807) is 42.3 Å². The highest BCUT2D eigenvalue weighted by Crippen LogP contribution is 2.46. The molecule has 2 saturated heterocycles. The molecule has 3 heterocycles. The molecule has 0 saturated carbocycles. The lowest BCUT2D eigenvalue weighted by molar-refractivity contribution is -0.148. The fraction of sp³-hybridized carbons (Fsp3) is 0.312. The number of likely N-dealkylation sites (N-methyl/N-ethyl adjacent to an activating group) is 1. The Kier molecular flexibility index (Phi) is 2.37. The Morgan fingerprint density at radius 2 is 1.52 bits per heavy atom. The Morgan fingerprint density at radius 1 is 0.857 bits per heavy atom. The smallest absolute Gasteiger partial charge is 0.240 e. The number of rotatable bonds is 1. The van der Waals surface area contributed by atoms with Gasteiger partial charge in [0.25, 0.3) is 0 Å². The molecule has 0 spiro atoms. The number of hydrogen-bond acceptors (Lipinski definition) is 3. The monoisotopic (exact) mass is 282 g/mol. The molecule has 21 heavy (non-hydrogen) atoms. The van der Waals surface area contributed by atoms with E-state index < -0.39 is 17.8 Å². The van der Waals surface area contributed by atoms with Gasteiger partial charge in [0.2, 0.25) is 17.7 Å². The average molecular weight is 282 g/mol. The Bertz CT molecular complexity index is 682. The molecule has 4 aliphatic rings. The van der Waals surface area contributed by atoms with Gasteiger partial charge in [-0.15, -0.1) is 0 Å². The molecule has 2 fully saturated rings. The highest BCUT2D eigenvalue weighted by atomic mass is 16.2. The fourth-order valence-corrected chi connectivity index (χ4v) is 3.74. The summed E-state index contributed by atoms with van der Waals surface area (Å²) in [4.78, 5) is 40.5. The molecule has 106 valence electrons. The molecule has 1 aromatic rings. The first-order valence-corrected chi connectivity index (χ1v) is 6.99. The number of imide groups is 1. The number of piperidine rings is 1. The van der Waals surface area contributed by atoms with Gasteiger partial charge in [0.15, 0.2) is 0 Å². The maximum Gasteiger partial charge on any atom is 0.240 e. The molecule has 5 nitrogen and oxygen atoms in total. The van der Waals surface area contributed by atoms with Crippen LogP contribution < -0.4 is 4.90 Å². The predicted octanol–water partition coefficient (Wildman–Crippen LogP) is 0.819. The average Bonchev–Trinajstić information content (AvgIpc) is 2.78. The minimum absolute atomic E-state index is 0.0696. The quantitative estimate of drug-likeness (QED) is 0.566. The molecular formula is C16H14N2O3. The lowest BCUT2D eigenvalue weighted by atomic mass is 9.70. The van der Waals surface area contributed by atoms with Crippen LogP contribution in [0.15, 0.2) is 42.5 Å². The first-order valence-electron chi connectivity index (χ1n) is 6.99. The molecule has 2 bridgehead atoms. The molecule has 1 aliphatic carbocycles. The minimum Gasteiger partial charge on any atom is -0.338 e. The van der Waals surface area contributed by atoms with Crippen molar-refractivity contribution in [3.8, 4) is 0 Å². The summed E-state index contributed by atoms with van der Waals surface area (Å²) in [6, 6.07) is 8.61. The number of anilines is 1. The number of benzene rings is 1. The van der Waals surface area contributed by atoms with Crippen LogP contribution in [0.5, 0.6) is 0 Å². The van der Waals surface area contributed by atoms with Crippen LogP contribution in [-0.2, 0) is 14.4 Å². The van der Waals surface area contributed by atoms with Crippen LogP contribution in [0.1, 0.15) is 0 Å². The van der Waals surface area contributed by atoms with Gasteiger partial charge in [-0.2, -0.15) is 0 Å². The van der Waals surface area contributed by atoms with Gasteiger partial charge in [-0.05, 0) is 12.1 Å². The van der Waals surface area contributed by atoms with Gasteiger partial charge < -0.3 is 4.90 Å². The maximum atomic E-state index is 12.7. The summed E-state index contributed by atoms with van der Waals surface area (Å²) >= 11 is 0. The van der Waals surface area contributed by atoms with E-state index in [4.69, 9.17) is 0 Å². The molecule has 5 rings (SSSR count). The highest BCUT2D eigenvalue weighted by molar-refractivity contribution is 6.24. The molecule has 0 N–H and O–H groups in total. The summed E-state index contributed by atoms with van der Waals surface area (Å²) in [5.74, 6) is -2.02. The first-order chi connectivity index (χ1) is 10.1. The minimum atomic E-state index is -0.545. The molecule has 0 radical (unpaired) electrons. The van der Waals surface area contributed by atoms with Crippen LogP contribution in [-0.4, -0.2) is 35.7 Å². The second-order valence-electron chi connectivity index (χ2n) is 5.75. The van der Waals surface area contributed by atoms with Crippen LogP contribution >= 0.6 is 0 Å². The Labute approximate surface area is 121 Å². The van der Waals surface area contributed by atoms with Gasteiger partial charge in [-0.1, -0.05) is 30.4 Å². The van der Waals surface area contributed by atoms with E-state index in [9.17, 15) is 14.4 Å². The van der Waals surface area contributed by atoms with Gasteiger partial charge >= 0.3 is 0 Å². The van der Waals surface area contributed by atoms with E-state index in [0.29, 0.717) is 5.69 Å². The van der Waals surface area contributed by atoms with E-state index in [2.05, 4.69) is 0 Å². The zero-order chi connectivity index (χ0) is 14.7. The van der Waals surface area contributed by atoms with Crippen molar-refractivity contribution in [3.05, 3.63) is 42.5 Å². The van der Waals surface area contributed by atoms with E-state index in [0.717, 1.165) is 0 Å². The van der Waals surface area contributed by atoms with Crippen molar-refractivity contribution >= 4 is 23.4 Å². The summed E-state index contributed by atoms with van der Waals surface area (Å²) in [5.41, 5.74) is 0.580. The Morgan fingerprint density at radius 3 is 2.24 bits per heavy atom. The summed E-state index contributed by atoms with van der Waals surface area (Å²) < 4.78 is 0. The van der Waals surface area contributed by atoms with Crippen molar-refractivity contribution in [2.45, 2.75) is 6.04 Å². The Balaban J connectivity index is 1.80. The lowest BCUT2D eigenvalue weighted by Gasteiger charge is -2.44. The summed E-state index contributed by atoms with van der Waals surface area (Å²) in [6.45, 7) is 0. The molecule has 5 heteroatoms. The summed E-state index contributed by atoms with van der Waals surface area (Å²) in [6.07, 6.45) is 3.67. The topological polar surface area (TPSA) is 57.7 Å². The van der Waals surface area contributed by atoms with Crippen LogP contribution in [0.2, 0.25) is 0 Å². The van der Waals surface area contributed by atoms with Gasteiger partial charge in [-0.25, -0.2) is 4.90 Å². The molecule has 0 aromatic heterocycles. The van der Waals surface area contributed by atoms with Gasteiger partial charge in [0.05, 0.1) is 29.5 Å². The lowest BCUT2D eigenvalue weighted by Crippen LogP contribution is -2.57. The molecule has 1 aromatic carbocycles. The van der Waals surface area contributed by atoms with E-state index >= 15 is 0 Å². The van der Waals surface area contributed by atoms with E-state index in [1.807, 2.05) is 12.1 Å². The molecule has 3 amide bonds. The number of carbonyl (C=O) groups is 3. The van der Waals surface area contributed by atoms with Gasteiger partial charge in [0.1, 0.15) is 0 Å². The second kappa shape index (κ2) is 4.04. The Hall–Kier alpha value is -2.43. The zero-order valence-electron chi connectivity index (χ0n) is 11.5. The van der Waals surface area contributed by atoms with E-state index in [1.165, 1.54) is 4.90 Å². The number of hydrogen-bond donors (Lipinski definition) is 0. The SMILES string of the molecule is CN1C(=O)[C@@H]2C=C[C@@H]1[C@@H]1C(=O)N(c3ccccc3)C(=O)[C@@H]12. The number of fused-ring (bicyclic) bond motifs is 1. The molecule has 4 atom stereocenters. The normalized spacial score (nSPS) is 33.9. The predicted molar refractivity (Wildman–Crippen MR) is 75.1 cm³/mol. The highest BCUT2D eigenvalue weighted by Gasteiger charge is 2.61. The van der Waals surface area contributed by atoms with Crippen molar-refractivity contribution in [1.82, 2.24) is 4.90 Å². The van der Waals surface area contributed by atoms with Crippen molar-refractivity contribution in [2.75, 3.05) is 11.9 Å². The molecule has 3 aliphatic heterocycles. The van der Waals surface area contributed by atoms with E-state index in [-0.39, 0.29) is 23.8 Å². The standard InChI is InChI=1S/C16H14N2O3/c1-17-11-8-7-10(14(17)19)12-13(11)16(21)18(15(12)20)9-5-3-2-4-6-9/h2-8,10-13H,1H3/t10-,11-,12-,13+/m1/s1. The number of carbonyl (C=O) groups excluding carboxylic acids is 3. The van der Waals surface area contributed by atoms with Crippen LogP contribution in [0.25, 0.3) is 0 Å². The van der Waals surface area contributed by atoms with Crippen LogP contribution in [0, 0.1) is 17.8 Å². The summed E-state index contributed by atoms with van der Waals surface area (Å²) in [7, 11) is 1.70. The third-order valence-corrected chi connectivity index (χ3v) is 4.76. The largest absolute Gasteiger partial charge is 0.338 e. The third kappa shape index (κ3) is 1.43. The number of para-hydroxylation sites is 1. The molecular weight excluding hydrogens is 268 g/mol. The second-order valence-corrected chi connectivity index (χ2v) is 5.75. The first kappa shape index (κ1) is 12.3. The van der Waals surface area contributed by atoms with Gasteiger partial charge in [0, 0.05) is 7.05 Å². The number of nitrogens with zero attached hydrogens (tertiary/aromatic N) is 2. The third-order valence-electron chi connectivity index (χ3n) is 4.76. The maximum absolute atomic E-state index is 12.7. The fourth-order valence-electron chi connectivity index (χ4n) is 3.74. The van der Waals surface area contributed by atoms with Crippen molar-refractivity contribution in [2.24, 2.45) is 17.8 Å². The van der Waals surface area contributed by atoms with Crippen molar-refractivity contribution in [3.63, 3.8) is 0 Å². The van der Waals surface area contributed by atoms with Crippen LogP contribution in [0.4, 0.5) is 5.69 Å². The van der Waals surface area contributed by atoms with Crippen molar-refractivity contribution in [1.29, 1.82) is 0 Å². The van der Waals surface area contributed by atoms with Gasteiger partial charge in [-0.3, -0.25) is 14.4 Å². The zero-order valence-corrected chi connectivity index (χ0v) is 11.5. The molecule has 0 unspecified atom stereocenters. The number of amides is 3.